The van der Waals surface area contributed by atoms with Gasteiger partial charge in [0.05, 0.1) is 10.2 Å². The number of para-hydroxylation sites is 1. The minimum absolute atomic E-state index is 0.265. The molecule has 25 heavy (non-hydrogen) atoms. The average molecular weight is 350 g/mol. The number of carbonyl (C=O) groups is 1. The van der Waals surface area contributed by atoms with Crippen LogP contribution < -0.4 is 4.80 Å². The highest BCUT2D eigenvalue weighted by Crippen LogP contribution is 2.23. The van der Waals surface area contributed by atoms with Gasteiger partial charge in [0.2, 0.25) is 0 Å². The molecule has 2 heterocycles. The third-order valence-electron chi connectivity index (χ3n) is 4.33. The van der Waals surface area contributed by atoms with Crippen molar-refractivity contribution in [1.82, 2.24) is 4.57 Å². The van der Waals surface area contributed by atoms with Crippen LogP contribution in [0.1, 0.15) is 35.9 Å². The number of rotatable bonds is 2. The summed E-state index contributed by atoms with van der Waals surface area (Å²) in [6.07, 6.45) is 0. The van der Waals surface area contributed by atoms with Gasteiger partial charge in [0.1, 0.15) is 5.58 Å². The maximum Gasteiger partial charge on any atom is 0.315 e. The molecule has 0 saturated carbocycles. The van der Waals surface area contributed by atoms with E-state index in [-0.39, 0.29) is 11.7 Å². The quantitative estimate of drug-likeness (QED) is 0.519. The summed E-state index contributed by atoms with van der Waals surface area (Å²) in [4.78, 5) is 17.5. The molecule has 4 rings (SSSR count). The number of aromatic nitrogens is 1. The number of nitrogens with zero attached hydrogens (tertiary/aromatic N) is 2. The molecule has 1 amide bonds. The summed E-state index contributed by atoms with van der Waals surface area (Å²) in [5.74, 6) is 0.373. The van der Waals surface area contributed by atoms with Crippen molar-refractivity contribution in [2.75, 3.05) is 0 Å². The van der Waals surface area contributed by atoms with Crippen molar-refractivity contribution in [3.05, 3.63) is 64.7 Å². The average Bonchev–Trinajstić information content (AvgIpc) is 3.16. The lowest BCUT2D eigenvalue weighted by Gasteiger charge is -2.04. The summed E-state index contributed by atoms with van der Waals surface area (Å²) in [5, 5.41) is 0.906. The molecule has 5 heteroatoms. The van der Waals surface area contributed by atoms with Crippen LogP contribution in [0.3, 0.4) is 0 Å². The topological polar surface area (TPSA) is 47.5 Å². The van der Waals surface area contributed by atoms with E-state index in [0.717, 1.165) is 15.6 Å². The normalized spacial score (nSPS) is 12.6. The fourth-order valence-electron chi connectivity index (χ4n) is 2.85. The van der Waals surface area contributed by atoms with Crippen molar-refractivity contribution in [3.8, 4) is 0 Å². The summed E-state index contributed by atoms with van der Waals surface area (Å²) in [6, 6.07) is 15.7. The molecule has 0 aliphatic carbocycles. The SMILES string of the molecule is CC(C)c1ccc2c(c1)sc(=NC(=O)c1cc3ccccc3o1)n2C. The fraction of sp³-hybridized carbons (Fsp3) is 0.200. The number of hydrogen-bond acceptors (Lipinski definition) is 3. The number of benzene rings is 2. The van der Waals surface area contributed by atoms with Gasteiger partial charge >= 0.3 is 5.91 Å². The lowest BCUT2D eigenvalue weighted by Crippen LogP contribution is -2.12. The van der Waals surface area contributed by atoms with Crippen LogP contribution in [0, 0.1) is 0 Å². The van der Waals surface area contributed by atoms with Gasteiger partial charge in [-0.05, 0) is 35.7 Å². The number of fused-ring (bicyclic) bond motifs is 2. The maximum atomic E-state index is 12.5. The summed E-state index contributed by atoms with van der Waals surface area (Å²) in [6.45, 7) is 4.34. The van der Waals surface area contributed by atoms with E-state index >= 15 is 0 Å². The predicted octanol–water partition coefficient (Wildman–Crippen LogP) is 4.85. The van der Waals surface area contributed by atoms with Crippen LogP contribution >= 0.6 is 11.3 Å². The van der Waals surface area contributed by atoms with E-state index in [1.165, 1.54) is 16.9 Å². The Bertz CT molecular complexity index is 1130. The van der Waals surface area contributed by atoms with E-state index in [9.17, 15) is 4.79 Å². The number of furan rings is 1. The molecule has 0 unspecified atom stereocenters. The Morgan fingerprint density at radius 1 is 1.16 bits per heavy atom. The van der Waals surface area contributed by atoms with Gasteiger partial charge in [-0.25, -0.2) is 0 Å². The Morgan fingerprint density at radius 2 is 1.96 bits per heavy atom. The molecule has 0 N–H and O–H groups in total. The van der Waals surface area contributed by atoms with Crippen molar-refractivity contribution in [1.29, 1.82) is 0 Å². The first-order valence-corrected chi connectivity index (χ1v) is 9.01. The Kier molecular flexibility index (Phi) is 3.81. The first-order valence-electron chi connectivity index (χ1n) is 8.20. The van der Waals surface area contributed by atoms with Crippen LogP contribution in [0.15, 0.2) is 57.9 Å². The Morgan fingerprint density at radius 3 is 2.72 bits per heavy atom. The molecule has 0 radical (unpaired) electrons. The van der Waals surface area contributed by atoms with E-state index < -0.39 is 0 Å². The minimum atomic E-state index is -0.359. The zero-order valence-electron chi connectivity index (χ0n) is 14.3. The van der Waals surface area contributed by atoms with E-state index in [2.05, 4.69) is 37.0 Å². The highest BCUT2D eigenvalue weighted by molar-refractivity contribution is 7.16. The van der Waals surface area contributed by atoms with Gasteiger partial charge < -0.3 is 8.98 Å². The standard InChI is InChI=1S/C20H18N2O2S/c1-12(2)13-8-9-15-18(11-13)25-20(22(15)3)21-19(23)17-10-14-6-4-5-7-16(14)24-17/h4-12H,1-3H3. The van der Waals surface area contributed by atoms with E-state index in [0.29, 0.717) is 16.3 Å². The van der Waals surface area contributed by atoms with Gasteiger partial charge in [-0.2, -0.15) is 4.99 Å². The molecule has 0 aliphatic rings. The van der Waals surface area contributed by atoms with Crippen LogP contribution in [0.2, 0.25) is 0 Å². The molecule has 4 aromatic rings. The molecule has 4 nitrogen and oxygen atoms in total. The maximum absolute atomic E-state index is 12.5. The number of thiazole rings is 1. The van der Waals surface area contributed by atoms with E-state index in [4.69, 9.17) is 4.42 Å². The van der Waals surface area contributed by atoms with Crippen LogP contribution in [-0.2, 0) is 7.05 Å². The molecule has 2 aromatic carbocycles. The molecule has 2 aromatic heterocycles. The first-order chi connectivity index (χ1) is 12.0. The molecular weight excluding hydrogens is 332 g/mol. The molecule has 126 valence electrons. The van der Waals surface area contributed by atoms with E-state index in [1.54, 1.807) is 6.07 Å². The van der Waals surface area contributed by atoms with E-state index in [1.807, 2.05) is 35.9 Å². The molecule has 0 fully saturated rings. The Balaban J connectivity index is 1.79. The molecular formula is C20H18N2O2S. The highest BCUT2D eigenvalue weighted by Gasteiger charge is 2.13. The molecule has 0 spiro atoms. The summed E-state index contributed by atoms with van der Waals surface area (Å²) < 4.78 is 8.70. The Hall–Kier alpha value is -2.66. The largest absolute Gasteiger partial charge is 0.451 e. The fourth-order valence-corrected chi connectivity index (χ4v) is 3.91. The lowest BCUT2D eigenvalue weighted by atomic mass is 10.0. The van der Waals surface area contributed by atoms with Gasteiger partial charge in [0.25, 0.3) is 0 Å². The second-order valence-corrected chi connectivity index (χ2v) is 7.40. The van der Waals surface area contributed by atoms with Crippen LogP contribution in [0.4, 0.5) is 0 Å². The third kappa shape index (κ3) is 2.81. The summed E-state index contributed by atoms with van der Waals surface area (Å²) in [5.41, 5.74) is 3.05. The molecule has 0 aliphatic heterocycles. The zero-order valence-corrected chi connectivity index (χ0v) is 15.1. The molecule has 0 saturated heterocycles. The van der Waals surface area contributed by atoms with Crippen molar-refractivity contribution >= 4 is 38.4 Å². The lowest BCUT2D eigenvalue weighted by molar-refractivity contribution is 0.0973. The van der Waals surface area contributed by atoms with Crippen molar-refractivity contribution < 1.29 is 9.21 Å². The second-order valence-electron chi connectivity index (χ2n) is 6.39. The smallest absolute Gasteiger partial charge is 0.315 e. The van der Waals surface area contributed by atoms with Gasteiger partial charge in [0.15, 0.2) is 10.6 Å². The number of aryl methyl sites for hydroxylation is 1. The van der Waals surface area contributed by atoms with Crippen molar-refractivity contribution in [2.45, 2.75) is 19.8 Å². The van der Waals surface area contributed by atoms with Gasteiger partial charge in [-0.1, -0.05) is 49.4 Å². The van der Waals surface area contributed by atoms with Crippen molar-refractivity contribution in [3.63, 3.8) is 0 Å². The number of carbonyl (C=O) groups excluding carboxylic acids is 1. The van der Waals surface area contributed by atoms with Crippen molar-refractivity contribution in [2.24, 2.45) is 12.0 Å². The molecule has 0 bridgehead atoms. The van der Waals surface area contributed by atoms with Gasteiger partial charge in [0, 0.05) is 12.4 Å². The van der Waals surface area contributed by atoms with Crippen LogP contribution in [0.25, 0.3) is 21.2 Å². The highest BCUT2D eigenvalue weighted by atomic mass is 32.1. The van der Waals surface area contributed by atoms with Gasteiger partial charge in [-0.15, -0.1) is 0 Å². The first kappa shape index (κ1) is 15.8. The predicted molar refractivity (Wildman–Crippen MR) is 101 cm³/mol. The second kappa shape index (κ2) is 6.01. The molecule has 0 atom stereocenters. The van der Waals surface area contributed by atoms with Crippen LogP contribution in [-0.4, -0.2) is 10.5 Å². The number of amides is 1. The third-order valence-corrected chi connectivity index (χ3v) is 5.43. The summed E-state index contributed by atoms with van der Waals surface area (Å²) in [7, 11) is 1.93. The van der Waals surface area contributed by atoms with Gasteiger partial charge in [-0.3, -0.25) is 4.79 Å². The van der Waals surface area contributed by atoms with Crippen LogP contribution in [0.5, 0.6) is 0 Å². The number of hydrogen-bond donors (Lipinski definition) is 0. The monoisotopic (exact) mass is 350 g/mol. The summed E-state index contributed by atoms with van der Waals surface area (Å²) >= 11 is 1.52. The minimum Gasteiger partial charge on any atom is -0.451 e. The Labute approximate surface area is 149 Å². The zero-order chi connectivity index (χ0) is 17.6.